The smallest absolute Gasteiger partial charge is 0.152 e. The van der Waals surface area contributed by atoms with Crippen LogP contribution in [-0.4, -0.2) is 4.98 Å². The number of benzene rings is 2. The van der Waals surface area contributed by atoms with Crippen LogP contribution in [0.3, 0.4) is 0 Å². The van der Waals surface area contributed by atoms with Crippen LogP contribution < -0.4 is 0 Å². The highest BCUT2D eigenvalue weighted by atomic mass is 16.3. The number of nitrogens with zero attached hydrogens (tertiary/aromatic N) is 1. The predicted molar refractivity (Wildman–Crippen MR) is 89.6 cm³/mol. The number of furan rings is 1. The van der Waals surface area contributed by atoms with Crippen molar-refractivity contribution in [2.75, 3.05) is 0 Å². The molecule has 0 aliphatic heterocycles. The number of fused-ring (bicyclic) bond motifs is 1. The molecular weight excluding hydrogens is 270 g/mol. The summed E-state index contributed by atoms with van der Waals surface area (Å²) in [6.07, 6.45) is 0. The lowest BCUT2D eigenvalue weighted by Gasteiger charge is -2.09. The van der Waals surface area contributed by atoms with E-state index in [1.165, 1.54) is 11.1 Å². The molecule has 2 aromatic carbocycles. The molecule has 0 amide bonds. The van der Waals surface area contributed by atoms with Gasteiger partial charge in [0.2, 0.25) is 0 Å². The molecule has 106 valence electrons. The van der Waals surface area contributed by atoms with E-state index in [2.05, 4.69) is 36.4 Å². The summed E-state index contributed by atoms with van der Waals surface area (Å²) in [6, 6.07) is 24.7. The molecule has 2 nitrogen and oxygen atoms in total. The van der Waals surface area contributed by atoms with E-state index in [1.807, 2.05) is 43.3 Å². The third-order valence-corrected chi connectivity index (χ3v) is 3.79. The highest BCUT2D eigenvalue weighted by Gasteiger charge is 2.11. The van der Waals surface area contributed by atoms with E-state index in [0.29, 0.717) is 0 Å². The van der Waals surface area contributed by atoms with Crippen LogP contribution in [-0.2, 0) is 0 Å². The zero-order chi connectivity index (χ0) is 14.9. The zero-order valence-electron chi connectivity index (χ0n) is 12.3. The average molecular weight is 285 g/mol. The van der Waals surface area contributed by atoms with Gasteiger partial charge in [-0.25, -0.2) is 4.98 Å². The minimum absolute atomic E-state index is 0.806. The summed E-state index contributed by atoms with van der Waals surface area (Å²) in [5.74, 6) is 1.70. The largest absolute Gasteiger partial charge is 0.460 e. The molecule has 0 saturated carbocycles. The molecule has 0 atom stereocenters. The van der Waals surface area contributed by atoms with Crippen molar-refractivity contribution in [3.8, 4) is 22.6 Å². The second-order valence-electron chi connectivity index (χ2n) is 5.35. The molecule has 0 bridgehead atoms. The normalized spacial score (nSPS) is 11.0. The summed E-state index contributed by atoms with van der Waals surface area (Å²) < 4.78 is 5.75. The second kappa shape index (κ2) is 5.15. The fraction of sp³-hybridized carbons (Fsp3) is 0.0500. The summed E-state index contributed by atoms with van der Waals surface area (Å²) in [6.45, 7) is 1.95. The summed E-state index contributed by atoms with van der Waals surface area (Å²) in [5, 5.41) is 1.15. The molecule has 22 heavy (non-hydrogen) atoms. The van der Waals surface area contributed by atoms with E-state index in [0.717, 1.165) is 28.1 Å². The fourth-order valence-corrected chi connectivity index (χ4v) is 2.73. The number of hydrogen-bond acceptors (Lipinski definition) is 2. The van der Waals surface area contributed by atoms with Crippen LogP contribution in [0.1, 0.15) is 5.76 Å². The SMILES string of the molecule is Cc1ccc(-c2cc(-c3ccccc3)c3ccccc3n2)o1. The van der Waals surface area contributed by atoms with E-state index in [1.54, 1.807) is 0 Å². The van der Waals surface area contributed by atoms with E-state index >= 15 is 0 Å². The Balaban J connectivity index is 2.01. The maximum absolute atomic E-state index is 5.75. The monoisotopic (exact) mass is 285 g/mol. The molecular formula is C20H15NO. The first-order valence-corrected chi connectivity index (χ1v) is 7.33. The van der Waals surface area contributed by atoms with Gasteiger partial charge >= 0.3 is 0 Å². The Hall–Kier alpha value is -2.87. The van der Waals surface area contributed by atoms with Crippen LogP contribution in [0.5, 0.6) is 0 Å². The molecule has 2 heteroatoms. The van der Waals surface area contributed by atoms with Crippen molar-refractivity contribution in [2.45, 2.75) is 6.92 Å². The lowest BCUT2D eigenvalue weighted by molar-refractivity contribution is 0.546. The van der Waals surface area contributed by atoms with E-state index in [9.17, 15) is 0 Å². The first kappa shape index (κ1) is 12.8. The van der Waals surface area contributed by atoms with Gasteiger partial charge in [0.05, 0.1) is 5.52 Å². The Morgan fingerprint density at radius 1 is 0.818 bits per heavy atom. The van der Waals surface area contributed by atoms with Crippen LogP contribution in [0.4, 0.5) is 0 Å². The molecule has 2 aromatic heterocycles. The molecule has 4 aromatic rings. The molecule has 0 radical (unpaired) electrons. The molecule has 0 fully saturated rings. The third-order valence-electron chi connectivity index (χ3n) is 3.79. The minimum Gasteiger partial charge on any atom is -0.460 e. The van der Waals surface area contributed by atoms with Gasteiger partial charge in [-0.2, -0.15) is 0 Å². The van der Waals surface area contributed by atoms with Crippen LogP contribution in [0.15, 0.2) is 77.2 Å². The Morgan fingerprint density at radius 2 is 1.59 bits per heavy atom. The molecule has 0 saturated heterocycles. The fourth-order valence-electron chi connectivity index (χ4n) is 2.73. The van der Waals surface area contributed by atoms with Crippen LogP contribution in [0.2, 0.25) is 0 Å². The Kier molecular flexibility index (Phi) is 3.01. The number of rotatable bonds is 2. The molecule has 0 N–H and O–H groups in total. The number of para-hydroxylation sites is 1. The lowest BCUT2D eigenvalue weighted by atomic mass is 10.00. The highest BCUT2D eigenvalue weighted by molar-refractivity contribution is 5.96. The first-order valence-electron chi connectivity index (χ1n) is 7.33. The number of pyridine rings is 1. The van der Waals surface area contributed by atoms with E-state index < -0.39 is 0 Å². The van der Waals surface area contributed by atoms with Gasteiger partial charge < -0.3 is 4.42 Å². The molecule has 0 spiro atoms. The van der Waals surface area contributed by atoms with Gasteiger partial charge in [0, 0.05) is 5.39 Å². The Morgan fingerprint density at radius 3 is 2.36 bits per heavy atom. The molecule has 0 aliphatic rings. The van der Waals surface area contributed by atoms with Crippen molar-refractivity contribution in [3.05, 3.63) is 78.6 Å². The van der Waals surface area contributed by atoms with Crippen LogP contribution >= 0.6 is 0 Å². The summed E-state index contributed by atoms with van der Waals surface area (Å²) in [4.78, 5) is 4.75. The topological polar surface area (TPSA) is 26.0 Å². The Bertz CT molecular complexity index is 938. The van der Waals surface area contributed by atoms with Crippen molar-refractivity contribution >= 4 is 10.9 Å². The minimum atomic E-state index is 0.806. The van der Waals surface area contributed by atoms with Gasteiger partial charge in [-0.15, -0.1) is 0 Å². The van der Waals surface area contributed by atoms with Gasteiger partial charge in [-0.05, 0) is 42.3 Å². The third kappa shape index (κ3) is 2.19. The lowest BCUT2D eigenvalue weighted by Crippen LogP contribution is -1.88. The van der Waals surface area contributed by atoms with Gasteiger partial charge in [0.1, 0.15) is 11.5 Å². The van der Waals surface area contributed by atoms with Gasteiger partial charge in [0.25, 0.3) is 0 Å². The second-order valence-corrected chi connectivity index (χ2v) is 5.35. The standard InChI is InChI=1S/C20H15NO/c1-14-11-12-20(22-14)19-13-17(15-7-3-2-4-8-15)16-9-5-6-10-18(16)21-19/h2-13H,1H3. The summed E-state index contributed by atoms with van der Waals surface area (Å²) >= 11 is 0. The number of aromatic nitrogens is 1. The number of hydrogen-bond donors (Lipinski definition) is 0. The zero-order valence-corrected chi connectivity index (χ0v) is 12.3. The van der Waals surface area contributed by atoms with E-state index in [-0.39, 0.29) is 0 Å². The summed E-state index contributed by atoms with van der Waals surface area (Å²) in [5.41, 5.74) is 4.21. The predicted octanol–water partition coefficient (Wildman–Crippen LogP) is 5.47. The van der Waals surface area contributed by atoms with Crippen molar-refractivity contribution < 1.29 is 4.42 Å². The Labute approximate surface area is 129 Å². The first-order chi connectivity index (χ1) is 10.8. The average Bonchev–Trinajstić information content (AvgIpc) is 3.01. The van der Waals surface area contributed by atoms with Crippen LogP contribution in [0.25, 0.3) is 33.5 Å². The van der Waals surface area contributed by atoms with Crippen molar-refractivity contribution in [2.24, 2.45) is 0 Å². The molecule has 4 rings (SSSR count). The van der Waals surface area contributed by atoms with Gasteiger partial charge in [-0.1, -0.05) is 48.5 Å². The van der Waals surface area contributed by atoms with E-state index in [4.69, 9.17) is 9.40 Å². The van der Waals surface area contributed by atoms with Crippen molar-refractivity contribution in [1.29, 1.82) is 0 Å². The quantitative estimate of drug-likeness (QED) is 0.488. The highest BCUT2D eigenvalue weighted by Crippen LogP contribution is 2.32. The van der Waals surface area contributed by atoms with Gasteiger partial charge in [-0.3, -0.25) is 0 Å². The summed E-state index contributed by atoms with van der Waals surface area (Å²) in [7, 11) is 0. The van der Waals surface area contributed by atoms with Gasteiger partial charge in [0.15, 0.2) is 5.76 Å². The molecule has 2 heterocycles. The number of aryl methyl sites for hydroxylation is 1. The van der Waals surface area contributed by atoms with Crippen molar-refractivity contribution in [3.63, 3.8) is 0 Å². The van der Waals surface area contributed by atoms with Crippen molar-refractivity contribution in [1.82, 2.24) is 4.98 Å². The maximum Gasteiger partial charge on any atom is 0.152 e. The maximum atomic E-state index is 5.75. The molecule has 0 unspecified atom stereocenters. The van der Waals surface area contributed by atoms with Crippen LogP contribution in [0, 0.1) is 6.92 Å². The molecule has 0 aliphatic carbocycles.